The molecule has 1 amide bonds. The third kappa shape index (κ3) is 2.98. The Hall–Kier alpha value is -2.30. The van der Waals surface area contributed by atoms with E-state index in [0.29, 0.717) is 0 Å². The molecule has 1 N–H and O–H groups in total. The monoisotopic (exact) mass is 300 g/mol. The van der Waals surface area contributed by atoms with Gasteiger partial charge in [0.05, 0.1) is 5.92 Å². The number of para-hydroxylation sites is 1. The van der Waals surface area contributed by atoms with Gasteiger partial charge in [0, 0.05) is 24.3 Å². The van der Waals surface area contributed by atoms with Gasteiger partial charge in [-0.3, -0.25) is 9.59 Å². The second-order valence-electron chi connectivity index (χ2n) is 6.02. The van der Waals surface area contributed by atoms with Crippen LogP contribution in [0.5, 0.6) is 0 Å². The molecule has 5 heteroatoms. The maximum atomic E-state index is 12.6. The summed E-state index contributed by atoms with van der Waals surface area (Å²) in [4.78, 5) is 25.4. The summed E-state index contributed by atoms with van der Waals surface area (Å²) in [6.45, 7) is 2.20. The predicted molar refractivity (Wildman–Crippen MR) is 83.5 cm³/mol. The lowest BCUT2D eigenvalue weighted by molar-refractivity contribution is -0.143. The lowest BCUT2D eigenvalue weighted by Crippen LogP contribution is -2.40. The second-order valence-corrected chi connectivity index (χ2v) is 6.02. The molecule has 1 heterocycles. The normalized spacial score (nSPS) is 15.7. The van der Waals surface area contributed by atoms with E-state index in [4.69, 9.17) is 5.11 Å². The molecule has 0 saturated heterocycles. The van der Waals surface area contributed by atoms with Crippen LogP contribution in [0.2, 0.25) is 0 Å². The molecule has 116 valence electrons. The summed E-state index contributed by atoms with van der Waals surface area (Å²) < 4.78 is 1.93. The number of hydrogen-bond donors (Lipinski definition) is 1. The first-order chi connectivity index (χ1) is 10.6. The van der Waals surface area contributed by atoms with Gasteiger partial charge in [-0.2, -0.15) is 0 Å². The summed E-state index contributed by atoms with van der Waals surface area (Å²) in [5.74, 6) is -1.40. The van der Waals surface area contributed by atoms with Crippen molar-refractivity contribution < 1.29 is 14.7 Å². The number of carbonyl (C=O) groups excluding carboxylic acids is 1. The van der Waals surface area contributed by atoms with E-state index < -0.39 is 11.9 Å². The molecular formula is C17H20N2O3. The minimum atomic E-state index is -0.857. The number of fused-ring (bicyclic) bond motifs is 1. The van der Waals surface area contributed by atoms with Crippen molar-refractivity contribution in [2.75, 3.05) is 6.54 Å². The van der Waals surface area contributed by atoms with Crippen molar-refractivity contribution in [1.29, 1.82) is 0 Å². The molecule has 22 heavy (non-hydrogen) atoms. The Morgan fingerprint density at radius 3 is 2.73 bits per heavy atom. The third-order valence-electron chi connectivity index (χ3n) is 4.19. The molecule has 5 nitrogen and oxygen atoms in total. The molecule has 0 bridgehead atoms. The SMILES string of the molecule is CC(CN(C(=O)Cn1ccc2ccccc21)C1CC1)C(=O)O. The molecule has 1 saturated carbocycles. The number of hydrogen-bond acceptors (Lipinski definition) is 2. The van der Waals surface area contributed by atoms with Crippen molar-refractivity contribution in [3.05, 3.63) is 36.5 Å². The molecule has 1 aromatic heterocycles. The molecule has 1 atom stereocenters. The summed E-state index contributed by atoms with van der Waals surface area (Å²) >= 11 is 0. The molecule has 1 aliphatic carbocycles. The van der Waals surface area contributed by atoms with Crippen LogP contribution < -0.4 is 0 Å². The fourth-order valence-electron chi connectivity index (χ4n) is 2.73. The van der Waals surface area contributed by atoms with Crippen LogP contribution in [0.25, 0.3) is 10.9 Å². The number of amides is 1. The number of carbonyl (C=O) groups is 2. The Morgan fingerprint density at radius 1 is 1.32 bits per heavy atom. The Bertz CT molecular complexity index is 703. The van der Waals surface area contributed by atoms with E-state index in [1.165, 1.54) is 0 Å². The van der Waals surface area contributed by atoms with Crippen LogP contribution in [-0.4, -0.2) is 39.0 Å². The predicted octanol–water partition coefficient (Wildman–Crippen LogP) is 2.35. The van der Waals surface area contributed by atoms with Gasteiger partial charge < -0.3 is 14.6 Å². The van der Waals surface area contributed by atoms with Crippen molar-refractivity contribution in [2.24, 2.45) is 5.92 Å². The van der Waals surface area contributed by atoms with Crippen molar-refractivity contribution in [3.8, 4) is 0 Å². The lowest BCUT2D eigenvalue weighted by atomic mass is 10.1. The zero-order chi connectivity index (χ0) is 15.7. The van der Waals surface area contributed by atoms with Crippen LogP contribution in [0.3, 0.4) is 0 Å². The van der Waals surface area contributed by atoms with Crippen molar-refractivity contribution in [3.63, 3.8) is 0 Å². The summed E-state index contributed by atoms with van der Waals surface area (Å²) in [7, 11) is 0. The molecule has 0 aliphatic heterocycles. The van der Waals surface area contributed by atoms with E-state index in [9.17, 15) is 9.59 Å². The number of benzene rings is 1. The smallest absolute Gasteiger partial charge is 0.308 e. The topological polar surface area (TPSA) is 62.5 Å². The zero-order valence-electron chi connectivity index (χ0n) is 12.6. The second kappa shape index (κ2) is 5.83. The van der Waals surface area contributed by atoms with Gasteiger partial charge in [0.2, 0.25) is 5.91 Å². The van der Waals surface area contributed by atoms with Crippen LogP contribution in [0.4, 0.5) is 0 Å². The van der Waals surface area contributed by atoms with Crippen molar-refractivity contribution in [2.45, 2.75) is 32.4 Å². The molecule has 1 aromatic carbocycles. The van der Waals surface area contributed by atoms with Crippen LogP contribution >= 0.6 is 0 Å². The number of carboxylic acids is 1. The highest BCUT2D eigenvalue weighted by atomic mass is 16.4. The maximum absolute atomic E-state index is 12.6. The highest BCUT2D eigenvalue weighted by molar-refractivity contribution is 5.83. The van der Waals surface area contributed by atoms with E-state index in [1.807, 2.05) is 41.1 Å². The van der Waals surface area contributed by atoms with Gasteiger partial charge in [-0.1, -0.05) is 25.1 Å². The maximum Gasteiger partial charge on any atom is 0.308 e. The largest absolute Gasteiger partial charge is 0.481 e. The summed E-state index contributed by atoms with van der Waals surface area (Å²) in [5.41, 5.74) is 1.03. The third-order valence-corrected chi connectivity index (χ3v) is 4.19. The van der Waals surface area contributed by atoms with E-state index in [2.05, 4.69) is 0 Å². The van der Waals surface area contributed by atoms with Crippen LogP contribution in [0, 0.1) is 5.92 Å². The number of aromatic nitrogens is 1. The summed E-state index contributed by atoms with van der Waals surface area (Å²) in [6.07, 6.45) is 3.86. The first-order valence-electron chi connectivity index (χ1n) is 7.62. The molecule has 1 unspecified atom stereocenters. The molecule has 1 aliphatic rings. The standard InChI is InChI=1S/C17H20N2O3/c1-12(17(21)22)10-19(14-6-7-14)16(20)11-18-9-8-13-4-2-3-5-15(13)18/h2-5,8-9,12,14H,6-7,10-11H2,1H3,(H,21,22). The summed E-state index contributed by atoms with van der Waals surface area (Å²) in [5, 5.41) is 10.2. The fraction of sp³-hybridized carbons (Fsp3) is 0.412. The van der Waals surface area contributed by atoms with Crippen LogP contribution in [0.15, 0.2) is 36.5 Å². The van der Waals surface area contributed by atoms with Gasteiger partial charge >= 0.3 is 5.97 Å². The first-order valence-corrected chi connectivity index (χ1v) is 7.62. The van der Waals surface area contributed by atoms with E-state index in [0.717, 1.165) is 23.7 Å². The van der Waals surface area contributed by atoms with Gasteiger partial charge in [0.25, 0.3) is 0 Å². The zero-order valence-corrected chi connectivity index (χ0v) is 12.6. The Balaban J connectivity index is 1.75. The number of aliphatic carboxylic acids is 1. The van der Waals surface area contributed by atoms with Gasteiger partial charge in [-0.05, 0) is 30.4 Å². The average molecular weight is 300 g/mol. The number of nitrogens with zero attached hydrogens (tertiary/aromatic N) is 2. The van der Waals surface area contributed by atoms with E-state index in [1.54, 1.807) is 11.8 Å². The summed E-state index contributed by atoms with van der Waals surface area (Å²) in [6, 6.07) is 10.1. The van der Waals surface area contributed by atoms with Gasteiger partial charge in [-0.25, -0.2) is 0 Å². The van der Waals surface area contributed by atoms with Crippen LogP contribution in [-0.2, 0) is 16.1 Å². The molecule has 0 spiro atoms. The molecule has 3 rings (SSSR count). The minimum Gasteiger partial charge on any atom is -0.481 e. The lowest BCUT2D eigenvalue weighted by Gasteiger charge is -2.24. The minimum absolute atomic E-state index is 0.00282. The molecule has 0 radical (unpaired) electrons. The Kier molecular flexibility index (Phi) is 3.88. The average Bonchev–Trinajstić information content (AvgIpc) is 3.26. The fourth-order valence-corrected chi connectivity index (χ4v) is 2.73. The van der Waals surface area contributed by atoms with Gasteiger partial charge in [-0.15, -0.1) is 0 Å². The van der Waals surface area contributed by atoms with Crippen molar-refractivity contribution >= 4 is 22.8 Å². The van der Waals surface area contributed by atoms with E-state index >= 15 is 0 Å². The van der Waals surface area contributed by atoms with Crippen molar-refractivity contribution in [1.82, 2.24) is 9.47 Å². The first kappa shape index (κ1) is 14.6. The van der Waals surface area contributed by atoms with E-state index in [-0.39, 0.29) is 25.0 Å². The number of rotatable bonds is 6. The highest BCUT2D eigenvalue weighted by Crippen LogP contribution is 2.28. The Labute approximate surface area is 129 Å². The Morgan fingerprint density at radius 2 is 2.05 bits per heavy atom. The quantitative estimate of drug-likeness (QED) is 0.890. The molecule has 1 fully saturated rings. The number of carboxylic acid groups (broad SMARTS) is 1. The van der Waals surface area contributed by atoms with Crippen LogP contribution in [0.1, 0.15) is 19.8 Å². The molecular weight excluding hydrogens is 280 g/mol. The van der Waals surface area contributed by atoms with Gasteiger partial charge in [0.15, 0.2) is 0 Å². The highest BCUT2D eigenvalue weighted by Gasteiger charge is 2.34. The molecule has 2 aromatic rings. The van der Waals surface area contributed by atoms with Gasteiger partial charge in [0.1, 0.15) is 6.54 Å².